The quantitative estimate of drug-likeness (QED) is 0.642. The van der Waals surface area contributed by atoms with Gasteiger partial charge in [-0.1, -0.05) is 15.9 Å². The number of ether oxygens (including phenoxy) is 1. The lowest BCUT2D eigenvalue weighted by atomic mass is 10.2. The third-order valence-electron chi connectivity index (χ3n) is 2.79. The van der Waals surface area contributed by atoms with Crippen molar-refractivity contribution in [3.63, 3.8) is 0 Å². The first-order valence-electron chi connectivity index (χ1n) is 6.98. The van der Waals surface area contributed by atoms with Gasteiger partial charge in [-0.15, -0.1) is 0 Å². The molecule has 0 aliphatic carbocycles. The zero-order valence-electron chi connectivity index (χ0n) is 11.6. The molecule has 0 radical (unpaired) electrons. The first-order chi connectivity index (χ1) is 9.72. The first kappa shape index (κ1) is 17.0. The number of halogens is 1. The molecule has 0 aromatic heterocycles. The van der Waals surface area contributed by atoms with E-state index in [0.717, 1.165) is 29.5 Å². The fraction of sp³-hybridized carbons (Fsp3) is 0.533. The zero-order valence-corrected chi connectivity index (χ0v) is 13.2. The molecule has 0 atom stereocenters. The van der Waals surface area contributed by atoms with Crippen LogP contribution in [0.15, 0.2) is 28.7 Å². The van der Waals surface area contributed by atoms with Crippen LogP contribution in [-0.4, -0.2) is 30.8 Å². The van der Waals surface area contributed by atoms with E-state index in [0.29, 0.717) is 26.0 Å². The standard InChI is InChI=1S/C15H22BrNO3/c16-13-6-8-14(9-7-13)20-12-4-5-15(19)17-10-2-1-3-11-18/h6-9,18H,1-5,10-12H2,(H,17,19). The van der Waals surface area contributed by atoms with E-state index in [1.165, 1.54) is 0 Å². The Hall–Kier alpha value is -1.07. The number of rotatable bonds is 10. The monoisotopic (exact) mass is 343 g/mol. The number of nitrogens with one attached hydrogen (secondary N) is 1. The van der Waals surface area contributed by atoms with Gasteiger partial charge in [0.2, 0.25) is 5.91 Å². The maximum absolute atomic E-state index is 11.5. The van der Waals surface area contributed by atoms with Crippen LogP contribution in [0.5, 0.6) is 5.75 Å². The van der Waals surface area contributed by atoms with Crippen molar-refractivity contribution >= 4 is 21.8 Å². The fourth-order valence-corrected chi connectivity index (χ4v) is 1.95. The summed E-state index contributed by atoms with van der Waals surface area (Å²) < 4.78 is 6.56. The van der Waals surface area contributed by atoms with Crippen molar-refractivity contribution in [2.45, 2.75) is 32.1 Å². The number of benzene rings is 1. The maximum Gasteiger partial charge on any atom is 0.220 e. The molecule has 5 heteroatoms. The summed E-state index contributed by atoms with van der Waals surface area (Å²) in [6.45, 7) is 1.45. The number of carbonyl (C=O) groups is 1. The molecular formula is C15H22BrNO3. The van der Waals surface area contributed by atoms with Gasteiger partial charge in [-0.3, -0.25) is 4.79 Å². The van der Waals surface area contributed by atoms with Crippen LogP contribution in [0.25, 0.3) is 0 Å². The van der Waals surface area contributed by atoms with E-state index in [1.807, 2.05) is 24.3 Å². The molecule has 4 nitrogen and oxygen atoms in total. The Kier molecular flexibility index (Phi) is 9.07. The summed E-state index contributed by atoms with van der Waals surface area (Å²) in [5.41, 5.74) is 0. The molecule has 2 N–H and O–H groups in total. The minimum atomic E-state index is 0.0633. The molecule has 0 aliphatic heterocycles. The van der Waals surface area contributed by atoms with Crippen LogP contribution in [0.2, 0.25) is 0 Å². The molecular weight excluding hydrogens is 322 g/mol. The van der Waals surface area contributed by atoms with Gasteiger partial charge in [0.1, 0.15) is 5.75 Å². The van der Waals surface area contributed by atoms with Gasteiger partial charge in [0.15, 0.2) is 0 Å². The number of aliphatic hydroxyl groups excluding tert-OH is 1. The molecule has 0 heterocycles. The minimum absolute atomic E-state index is 0.0633. The minimum Gasteiger partial charge on any atom is -0.494 e. The molecule has 0 unspecified atom stereocenters. The highest BCUT2D eigenvalue weighted by molar-refractivity contribution is 9.10. The number of aliphatic hydroxyl groups is 1. The molecule has 112 valence electrons. The summed E-state index contributed by atoms with van der Waals surface area (Å²) in [6.07, 6.45) is 3.86. The average Bonchev–Trinajstić information content (AvgIpc) is 2.45. The Morgan fingerprint density at radius 2 is 1.90 bits per heavy atom. The molecule has 20 heavy (non-hydrogen) atoms. The number of amides is 1. The Bertz CT molecular complexity index is 381. The predicted molar refractivity (Wildman–Crippen MR) is 82.8 cm³/mol. The molecule has 0 fully saturated rings. The molecule has 0 aliphatic rings. The normalized spacial score (nSPS) is 10.3. The molecule has 1 aromatic rings. The molecule has 1 rings (SSSR count). The highest BCUT2D eigenvalue weighted by Gasteiger charge is 2.01. The SMILES string of the molecule is O=C(CCCOc1ccc(Br)cc1)NCCCCCO. The first-order valence-corrected chi connectivity index (χ1v) is 7.77. The smallest absolute Gasteiger partial charge is 0.220 e. The lowest BCUT2D eigenvalue weighted by Gasteiger charge is -2.07. The Balaban J connectivity index is 2.00. The molecule has 1 amide bonds. The van der Waals surface area contributed by atoms with Gasteiger partial charge in [-0.2, -0.15) is 0 Å². The Morgan fingerprint density at radius 3 is 2.60 bits per heavy atom. The van der Waals surface area contributed by atoms with Crippen molar-refractivity contribution in [1.29, 1.82) is 0 Å². The number of unbranched alkanes of at least 4 members (excludes halogenated alkanes) is 2. The summed E-state index contributed by atoms with van der Waals surface area (Å²) in [6, 6.07) is 7.64. The van der Waals surface area contributed by atoms with Crippen molar-refractivity contribution in [3.8, 4) is 5.75 Å². The van der Waals surface area contributed by atoms with E-state index >= 15 is 0 Å². The summed E-state index contributed by atoms with van der Waals surface area (Å²) in [7, 11) is 0. The number of hydrogen-bond acceptors (Lipinski definition) is 3. The van der Waals surface area contributed by atoms with Gasteiger partial charge in [0.05, 0.1) is 6.61 Å². The summed E-state index contributed by atoms with van der Waals surface area (Å²) in [5, 5.41) is 11.5. The van der Waals surface area contributed by atoms with Crippen molar-refractivity contribution in [1.82, 2.24) is 5.32 Å². The van der Waals surface area contributed by atoms with Crippen LogP contribution in [0.4, 0.5) is 0 Å². The lowest BCUT2D eigenvalue weighted by molar-refractivity contribution is -0.121. The van der Waals surface area contributed by atoms with Crippen molar-refractivity contribution in [3.05, 3.63) is 28.7 Å². The van der Waals surface area contributed by atoms with Gasteiger partial charge in [0.25, 0.3) is 0 Å². The molecule has 0 spiro atoms. The van der Waals surface area contributed by atoms with Crippen LogP contribution in [0.3, 0.4) is 0 Å². The van der Waals surface area contributed by atoms with Gasteiger partial charge < -0.3 is 15.2 Å². The van der Waals surface area contributed by atoms with Crippen LogP contribution in [0.1, 0.15) is 32.1 Å². The summed E-state index contributed by atoms with van der Waals surface area (Å²) in [4.78, 5) is 11.5. The fourth-order valence-electron chi connectivity index (χ4n) is 1.68. The van der Waals surface area contributed by atoms with Crippen LogP contribution in [0, 0.1) is 0 Å². The highest BCUT2D eigenvalue weighted by atomic mass is 79.9. The van der Waals surface area contributed by atoms with Crippen LogP contribution < -0.4 is 10.1 Å². The largest absolute Gasteiger partial charge is 0.494 e. The van der Waals surface area contributed by atoms with Gasteiger partial charge >= 0.3 is 0 Å². The van der Waals surface area contributed by atoms with Crippen LogP contribution >= 0.6 is 15.9 Å². The van der Waals surface area contributed by atoms with E-state index in [2.05, 4.69) is 21.2 Å². The van der Waals surface area contributed by atoms with Crippen LogP contribution in [-0.2, 0) is 4.79 Å². The van der Waals surface area contributed by atoms with E-state index in [4.69, 9.17) is 9.84 Å². The number of carbonyl (C=O) groups excluding carboxylic acids is 1. The Morgan fingerprint density at radius 1 is 1.15 bits per heavy atom. The average molecular weight is 344 g/mol. The van der Waals surface area contributed by atoms with E-state index in [-0.39, 0.29) is 12.5 Å². The zero-order chi connectivity index (χ0) is 14.6. The topological polar surface area (TPSA) is 58.6 Å². The summed E-state index contributed by atoms with van der Waals surface area (Å²) in [5.74, 6) is 0.881. The van der Waals surface area contributed by atoms with Gasteiger partial charge in [0, 0.05) is 24.0 Å². The van der Waals surface area contributed by atoms with Gasteiger partial charge in [-0.25, -0.2) is 0 Å². The second-order valence-electron chi connectivity index (χ2n) is 4.54. The number of hydrogen-bond donors (Lipinski definition) is 2. The van der Waals surface area contributed by atoms with Gasteiger partial charge in [-0.05, 0) is 49.9 Å². The second kappa shape index (κ2) is 10.7. The molecule has 1 aromatic carbocycles. The van der Waals surface area contributed by atoms with E-state index in [9.17, 15) is 4.79 Å². The lowest BCUT2D eigenvalue weighted by Crippen LogP contribution is -2.24. The summed E-state index contributed by atoms with van der Waals surface area (Å²) >= 11 is 3.36. The second-order valence-corrected chi connectivity index (χ2v) is 5.46. The molecule has 0 saturated carbocycles. The van der Waals surface area contributed by atoms with Crippen molar-refractivity contribution < 1.29 is 14.6 Å². The highest BCUT2D eigenvalue weighted by Crippen LogP contribution is 2.16. The Labute approximate surface area is 128 Å². The van der Waals surface area contributed by atoms with E-state index in [1.54, 1.807) is 0 Å². The third-order valence-corrected chi connectivity index (χ3v) is 3.32. The maximum atomic E-state index is 11.5. The molecule has 0 saturated heterocycles. The molecule has 0 bridgehead atoms. The predicted octanol–water partition coefficient (Wildman–Crippen LogP) is 2.89. The third kappa shape index (κ3) is 8.17. The van der Waals surface area contributed by atoms with Crippen molar-refractivity contribution in [2.75, 3.05) is 19.8 Å². The van der Waals surface area contributed by atoms with Crippen molar-refractivity contribution in [2.24, 2.45) is 0 Å². The van der Waals surface area contributed by atoms with E-state index < -0.39 is 0 Å².